The maximum atomic E-state index is 12.6. The first-order chi connectivity index (χ1) is 11.1. The number of rotatable bonds is 5. The average Bonchev–Trinajstić information content (AvgIpc) is 2.88. The maximum absolute atomic E-state index is 12.6. The zero-order chi connectivity index (χ0) is 17.8. The number of thiophene rings is 1. The highest BCUT2D eigenvalue weighted by Crippen LogP contribution is 2.56. The summed E-state index contributed by atoms with van der Waals surface area (Å²) in [4.78, 5) is 12.3. The summed E-state index contributed by atoms with van der Waals surface area (Å²) in [5, 5.41) is 10.0. The van der Waals surface area contributed by atoms with Crippen molar-refractivity contribution in [2.24, 2.45) is 5.41 Å². The first-order valence-electron chi connectivity index (χ1n) is 7.21. The van der Waals surface area contributed by atoms with Crippen LogP contribution in [0.1, 0.15) is 20.3 Å². The maximum Gasteiger partial charge on any atom is 0.325 e. The van der Waals surface area contributed by atoms with Crippen LogP contribution in [0.5, 0.6) is 0 Å². The molecular formula is C16H16ClNO4S2. The van der Waals surface area contributed by atoms with E-state index in [4.69, 9.17) is 11.6 Å². The molecule has 1 aliphatic carbocycles. The summed E-state index contributed by atoms with van der Waals surface area (Å²) in [5.74, 6) is -1.15. The van der Waals surface area contributed by atoms with E-state index >= 15 is 0 Å². The highest BCUT2D eigenvalue weighted by molar-refractivity contribution is 7.91. The largest absolute Gasteiger partial charge is 0.480 e. The number of carboxylic acids is 1. The number of sulfonamides is 1. The van der Waals surface area contributed by atoms with Crippen LogP contribution < -0.4 is 4.72 Å². The molecule has 1 fully saturated rings. The first kappa shape index (κ1) is 17.4. The second-order valence-electron chi connectivity index (χ2n) is 6.50. The number of carboxylic acid groups (broad SMARTS) is 1. The van der Waals surface area contributed by atoms with Crippen molar-refractivity contribution in [1.82, 2.24) is 4.72 Å². The zero-order valence-electron chi connectivity index (χ0n) is 13.0. The number of aliphatic carboxylic acids is 1. The molecule has 128 valence electrons. The molecule has 24 heavy (non-hydrogen) atoms. The molecular weight excluding hydrogens is 370 g/mol. The molecule has 3 rings (SSSR count). The van der Waals surface area contributed by atoms with Crippen molar-refractivity contribution >= 4 is 38.9 Å². The fourth-order valence-corrected chi connectivity index (χ4v) is 5.66. The van der Waals surface area contributed by atoms with Crippen molar-refractivity contribution in [3.05, 3.63) is 41.4 Å². The van der Waals surface area contributed by atoms with Gasteiger partial charge >= 0.3 is 5.97 Å². The number of hydrogen-bond acceptors (Lipinski definition) is 4. The molecule has 1 heterocycles. The van der Waals surface area contributed by atoms with Gasteiger partial charge in [0.15, 0.2) is 0 Å². The van der Waals surface area contributed by atoms with Crippen LogP contribution in [-0.4, -0.2) is 25.0 Å². The van der Waals surface area contributed by atoms with Crippen LogP contribution in [0.4, 0.5) is 0 Å². The van der Waals surface area contributed by atoms with Crippen molar-refractivity contribution in [1.29, 1.82) is 0 Å². The van der Waals surface area contributed by atoms with Gasteiger partial charge in [-0.15, -0.1) is 11.3 Å². The van der Waals surface area contributed by atoms with E-state index in [9.17, 15) is 18.3 Å². The molecule has 0 amide bonds. The summed E-state index contributed by atoms with van der Waals surface area (Å²) in [7, 11) is -3.91. The minimum atomic E-state index is -3.91. The van der Waals surface area contributed by atoms with Gasteiger partial charge in [-0.1, -0.05) is 37.6 Å². The Labute approximate surface area is 149 Å². The highest BCUT2D eigenvalue weighted by atomic mass is 35.5. The molecule has 0 radical (unpaired) electrons. The lowest BCUT2D eigenvalue weighted by Gasteiger charge is -2.16. The molecule has 2 N–H and O–H groups in total. The summed E-state index contributed by atoms with van der Waals surface area (Å²) in [5.41, 5.74) is -1.19. The van der Waals surface area contributed by atoms with Crippen LogP contribution in [-0.2, 0) is 14.8 Å². The third kappa shape index (κ3) is 2.86. The molecule has 2 aromatic rings. The Morgan fingerprint density at radius 1 is 1.21 bits per heavy atom. The fourth-order valence-electron chi connectivity index (χ4n) is 2.72. The molecule has 1 unspecified atom stereocenters. The van der Waals surface area contributed by atoms with Crippen LogP contribution in [0.15, 0.2) is 40.6 Å². The van der Waals surface area contributed by atoms with E-state index in [0.717, 1.165) is 21.8 Å². The highest BCUT2D eigenvalue weighted by Gasteiger charge is 2.68. The molecule has 1 atom stereocenters. The summed E-state index contributed by atoms with van der Waals surface area (Å²) in [6.45, 7) is 3.47. The predicted octanol–water partition coefficient (Wildman–Crippen LogP) is 3.60. The molecule has 1 saturated carbocycles. The number of carbonyl (C=O) groups is 1. The topological polar surface area (TPSA) is 83.5 Å². The Bertz CT molecular complexity index is 902. The van der Waals surface area contributed by atoms with Gasteiger partial charge < -0.3 is 5.11 Å². The van der Waals surface area contributed by atoms with Crippen LogP contribution in [0.2, 0.25) is 5.02 Å². The van der Waals surface area contributed by atoms with Gasteiger partial charge in [0.1, 0.15) is 9.75 Å². The lowest BCUT2D eigenvalue weighted by molar-refractivity contribution is -0.141. The quantitative estimate of drug-likeness (QED) is 0.823. The third-order valence-corrected chi connectivity index (χ3v) is 7.76. The number of nitrogens with one attached hydrogen (secondary N) is 1. The minimum Gasteiger partial charge on any atom is -0.480 e. The number of hydrogen-bond donors (Lipinski definition) is 2. The van der Waals surface area contributed by atoms with Crippen molar-refractivity contribution < 1.29 is 18.3 Å². The van der Waals surface area contributed by atoms with Gasteiger partial charge in [0.25, 0.3) is 10.0 Å². The lowest BCUT2D eigenvalue weighted by Crippen LogP contribution is -2.46. The van der Waals surface area contributed by atoms with Crippen molar-refractivity contribution in [3.8, 4) is 10.4 Å². The Morgan fingerprint density at radius 2 is 1.79 bits per heavy atom. The lowest BCUT2D eigenvalue weighted by atomic mass is 10.1. The van der Waals surface area contributed by atoms with Gasteiger partial charge in [-0.25, -0.2) is 8.42 Å². The van der Waals surface area contributed by atoms with Crippen LogP contribution >= 0.6 is 22.9 Å². The van der Waals surface area contributed by atoms with Crippen LogP contribution in [0.25, 0.3) is 10.4 Å². The fraction of sp³-hybridized carbons (Fsp3) is 0.312. The average molecular weight is 386 g/mol. The zero-order valence-corrected chi connectivity index (χ0v) is 15.4. The van der Waals surface area contributed by atoms with E-state index in [-0.39, 0.29) is 10.6 Å². The van der Waals surface area contributed by atoms with Gasteiger partial charge in [-0.05, 0) is 41.7 Å². The number of benzene rings is 1. The van der Waals surface area contributed by atoms with E-state index in [1.165, 1.54) is 6.07 Å². The predicted molar refractivity (Wildman–Crippen MR) is 93.9 cm³/mol. The normalized spacial score (nSPS) is 22.3. The van der Waals surface area contributed by atoms with Crippen molar-refractivity contribution in [3.63, 3.8) is 0 Å². The van der Waals surface area contributed by atoms with E-state index in [2.05, 4.69) is 4.72 Å². The molecule has 8 heteroatoms. The smallest absolute Gasteiger partial charge is 0.325 e. The Morgan fingerprint density at radius 3 is 2.29 bits per heavy atom. The molecule has 1 aromatic carbocycles. The summed E-state index contributed by atoms with van der Waals surface area (Å²) in [6, 6.07) is 10.3. The van der Waals surface area contributed by atoms with Gasteiger partial charge in [0, 0.05) is 9.90 Å². The first-order valence-corrected chi connectivity index (χ1v) is 9.88. The molecule has 0 saturated heterocycles. The molecule has 1 aliphatic rings. The third-order valence-electron chi connectivity index (χ3n) is 4.39. The summed E-state index contributed by atoms with van der Waals surface area (Å²) in [6.07, 6.45) is 0.268. The van der Waals surface area contributed by atoms with E-state index < -0.39 is 26.9 Å². The van der Waals surface area contributed by atoms with Gasteiger partial charge in [0.05, 0.1) is 0 Å². The van der Waals surface area contributed by atoms with Crippen molar-refractivity contribution in [2.45, 2.75) is 30.0 Å². The van der Waals surface area contributed by atoms with E-state index in [1.54, 1.807) is 44.2 Å². The molecule has 5 nitrogen and oxygen atoms in total. The van der Waals surface area contributed by atoms with Crippen LogP contribution in [0.3, 0.4) is 0 Å². The van der Waals surface area contributed by atoms with Gasteiger partial charge in [-0.2, -0.15) is 4.72 Å². The molecule has 0 bridgehead atoms. The summed E-state index contributed by atoms with van der Waals surface area (Å²) >= 11 is 6.95. The van der Waals surface area contributed by atoms with Gasteiger partial charge in [-0.3, -0.25) is 4.79 Å². The number of halogens is 1. The standard InChI is InChI=1S/C16H16ClNO4S2/c1-15(2)9-16(15,14(19)20)18-24(21,22)13-8-7-12(23-13)10-3-5-11(17)6-4-10/h3-8,18H,9H2,1-2H3,(H,19,20). The van der Waals surface area contributed by atoms with E-state index in [0.29, 0.717) is 5.02 Å². The van der Waals surface area contributed by atoms with Crippen LogP contribution in [0, 0.1) is 5.41 Å². The monoisotopic (exact) mass is 385 g/mol. The van der Waals surface area contributed by atoms with Crippen molar-refractivity contribution in [2.75, 3.05) is 0 Å². The molecule has 0 spiro atoms. The Balaban J connectivity index is 1.89. The Hall–Kier alpha value is -1.41. The summed E-state index contributed by atoms with van der Waals surface area (Å²) < 4.78 is 27.7. The SMILES string of the molecule is CC1(C)CC1(NS(=O)(=O)c1ccc(-c2ccc(Cl)cc2)s1)C(=O)O. The second kappa shape index (κ2) is 5.56. The molecule has 0 aliphatic heterocycles. The second-order valence-corrected chi connectivity index (χ2v) is 9.93. The van der Waals surface area contributed by atoms with Gasteiger partial charge in [0.2, 0.25) is 0 Å². The van der Waals surface area contributed by atoms with E-state index in [1.807, 2.05) is 0 Å². The minimum absolute atomic E-state index is 0.0933. The Kier molecular flexibility index (Phi) is 4.03. The molecule has 1 aromatic heterocycles.